The molecule has 0 radical (unpaired) electrons. The number of aliphatic carboxylic acids is 1. The van der Waals surface area contributed by atoms with Crippen LogP contribution in [0.2, 0.25) is 0 Å². The molecule has 0 heterocycles. The first-order chi connectivity index (χ1) is 6.42. The molecule has 0 saturated heterocycles. The maximum atomic E-state index is 10.6. The van der Waals surface area contributed by atoms with Crippen molar-refractivity contribution in [2.45, 2.75) is 19.4 Å². The van der Waals surface area contributed by atoms with E-state index in [1.54, 1.807) is 24.3 Å². The molecular formula is C10H10BrO3-. The molecular weight excluding hydrogens is 248 g/mol. The van der Waals surface area contributed by atoms with E-state index in [0.29, 0.717) is 5.75 Å². The largest absolute Gasteiger partial charge is 0.546 e. The zero-order valence-corrected chi connectivity index (χ0v) is 9.50. The van der Waals surface area contributed by atoms with Gasteiger partial charge in [0.25, 0.3) is 0 Å². The minimum Gasteiger partial charge on any atom is -0.546 e. The molecule has 0 spiro atoms. The minimum atomic E-state index is -1.31. The zero-order chi connectivity index (χ0) is 10.8. The van der Waals surface area contributed by atoms with E-state index in [0.717, 1.165) is 4.47 Å². The van der Waals surface area contributed by atoms with Crippen molar-refractivity contribution in [2.75, 3.05) is 0 Å². The molecule has 0 unspecified atom stereocenters. The van der Waals surface area contributed by atoms with Crippen LogP contribution in [0.5, 0.6) is 5.75 Å². The van der Waals surface area contributed by atoms with Crippen molar-refractivity contribution in [3.05, 3.63) is 28.7 Å². The lowest BCUT2D eigenvalue weighted by Crippen LogP contribution is -2.47. The molecule has 0 aromatic heterocycles. The predicted octanol–water partition coefficient (Wildman–Crippen LogP) is 1.36. The van der Waals surface area contributed by atoms with Gasteiger partial charge in [0.15, 0.2) is 0 Å². The van der Waals surface area contributed by atoms with Crippen molar-refractivity contribution in [2.24, 2.45) is 0 Å². The Kier molecular flexibility index (Phi) is 3.16. The normalized spacial score (nSPS) is 11.1. The third-order valence-electron chi connectivity index (χ3n) is 1.68. The van der Waals surface area contributed by atoms with Gasteiger partial charge in [-0.15, -0.1) is 0 Å². The Labute approximate surface area is 90.8 Å². The highest BCUT2D eigenvalue weighted by atomic mass is 79.9. The van der Waals surface area contributed by atoms with Gasteiger partial charge in [0.1, 0.15) is 11.4 Å². The number of rotatable bonds is 3. The molecule has 0 fully saturated rings. The number of carboxylic acids is 1. The molecule has 1 aromatic rings. The average molecular weight is 258 g/mol. The smallest absolute Gasteiger partial charge is 0.143 e. The number of hydrogen-bond acceptors (Lipinski definition) is 3. The summed E-state index contributed by atoms with van der Waals surface area (Å²) in [7, 11) is 0. The van der Waals surface area contributed by atoms with Gasteiger partial charge in [0.2, 0.25) is 0 Å². The second kappa shape index (κ2) is 4.00. The minimum absolute atomic E-state index is 0.502. The van der Waals surface area contributed by atoms with Crippen LogP contribution >= 0.6 is 15.9 Å². The summed E-state index contributed by atoms with van der Waals surface area (Å²) < 4.78 is 6.15. The number of ether oxygens (including phenoxy) is 1. The average Bonchev–Trinajstić information content (AvgIpc) is 2.08. The van der Waals surface area contributed by atoms with E-state index < -0.39 is 11.6 Å². The summed E-state index contributed by atoms with van der Waals surface area (Å²) in [6, 6.07) is 6.94. The maximum Gasteiger partial charge on any atom is 0.143 e. The molecule has 1 aromatic carbocycles. The third kappa shape index (κ3) is 2.73. The lowest BCUT2D eigenvalue weighted by molar-refractivity contribution is -0.320. The SMILES string of the molecule is CC(C)(Oc1ccc(Br)cc1)C(=O)[O-]. The number of carbonyl (C=O) groups is 1. The lowest BCUT2D eigenvalue weighted by Gasteiger charge is -2.27. The van der Waals surface area contributed by atoms with Crippen molar-refractivity contribution in [1.29, 1.82) is 0 Å². The molecule has 4 heteroatoms. The molecule has 76 valence electrons. The maximum absolute atomic E-state index is 10.6. The van der Waals surface area contributed by atoms with Crippen LogP contribution in [-0.2, 0) is 4.79 Å². The second-order valence-corrected chi connectivity index (χ2v) is 4.27. The van der Waals surface area contributed by atoms with Crippen molar-refractivity contribution in [3.63, 3.8) is 0 Å². The molecule has 0 atom stereocenters. The first-order valence-electron chi connectivity index (χ1n) is 4.08. The van der Waals surface area contributed by atoms with Crippen molar-refractivity contribution >= 4 is 21.9 Å². The molecule has 0 bridgehead atoms. The molecule has 0 aliphatic carbocycles. The highest BCUT2D eigenvalue weighted by Crippen LogP contribution is 2.20. The van der Waals surface area contributed by atoms with E-state index in [9.17, 15) is 9.90 Å². The quantitative estimate of drug-likeness (QED) is 0.822. The van der Waals surface area contributed by atoms with Crippen LogP contribution in [0.3, 0.4) is 0 Å². The number of halogens is 1. The third-order valence-corrected chi connectivity index (χ3v) is 2.21. The predicted molar refractivity (Wildman–Crippen MR) is 53.9 cm³/mol. The second-order valence-electron chi connectivity index (χ2n) is 3.35. The van der Waals surface area contributed by atoms with Crippen LogP contribution in [0.15, 0.2) is 28.7 Å². The van der Waals surface area contributed by atoms with Gasteiger partial charge < -0.3 is 14.6 Å². The van der Waals surface area contributed by atoms with Crippen LogP contribution in [0.25, 0.3) is 0 Å². The van der Waals surface area contributed by atoms with E-state index >= 15 is 0 Å². The summed E-state index contributed by atoms with van der Waals surface area (Å²) in [6.07, 6.45) is 0. The van der Waals surface area contributed by atoms with E-state index in [1.165, 1.54) is 13.8 Å². The summed E-state index contributed by atoms with van der Waals surface area (Å²) in [5, 5.41) is 10.6. The lowest BCUT2D eigenvalue weighted by atomic mass is 10.1. The molecule has 3 nitrogen and oxygen atoms in total. The van der Waals surface area contributed by atoms with Gasteiger partial charge in [0.05, 0.1) is 5.97 Å². The Morgan fingerprint density at radius 2 is 1.86 bits per heavy atom. The van der Waals surface area contributed by atoms with Crippen molar-refractivity contribution in [1.82, 2.24) is 0 Å². The highest BCUT2D eigenvalue weighted by molar-refractivity contribution is 9.10. The van der Waals surface area contributed by atoms with E-state index in [-0.39, 0.29) is 0 Å². The fourth-order valence-corrected chi connectivity index (χ4v) is 1.10. The Morgan fingerprint density at radius 3 is 2.29 bits per heavy atom. The molecule has 14 heavy (non-hydrogen) atoms. The van der Waals surface area contributed by atoms with E-state index in [2.05, 4.69) is 15.9 Å². The standard InChI is InChI=1S/C10H11BrO3/c1-10(2,9(12)13)14-8-5-3-7(11)4-6-8/h3-6H,1-2H3,(H,12,13)/p-1. The fourth-order valence-electron chi connectivity index (χ4n) is 0.839. The van der Waals surface area contributed by atoms with Crippen molar-refractivity contribution in [3.8, 4) is 5.75 Å². The van der Waals surface area contributed by atoms with Gasteiger partial charge in [-0.1, -0.05) is 15.9 Å². The Balaban J connectivity index is 2.79. The molecule has 0 saturated carbocycles. The first kappa shape index (κ1) is 11.0. The van der Waals surface area contributed by atoms with Crippen LogP contribution in [-0.4, -0.2) is 11.6 Å². The first-order valence-corrected chi connectivity index (χ1v) is 4.87. The van der Waals surface area contributed by atoms with Gasteiger partial charge in [-0.2, -0.15) is 0 Å². The summed E-state index contributed by atoms with van der Waals surface area (Å²) in [5.41, 5.74) is -1.31. The van der Waals surface area contributed by atoms with Gasteiger partial charge >= 0.3 is 0 Å². The number of benzene rings is 1. The van der Waals surface area contributed by atoms with Crippen molar-refractivity contribution < 1.29 is 14.6 Å². The topological polar surface area (TPSA) is 49.4 Å². The summed E-state index contributed by atoms with van der Waals surface area (Å²) in [6.45, 7) is 2.90. The van der Waals surface area contributed by atoms with Gasteiger partial charge in [-0.05, 0) is 38.1 Å². The van der Waals surface area contributed by atoms with Crippen LogP contribution in [0, 0.1) is 0 Å². The molecule has 0 N–H and O–H groups in total. The van der Waals surface area contributed by atoms with E-state index in [1.807, 2.05) is 0 Å². The molecule has 1 rings (SSSR count). The summed E-state index contributed by atoms with van der Waals surface area (Å²) >= 11 is 3.27. The van der Waals surface area contributed by atoms with E-state index in [4.69, 9.17) is 4.74 Å². The fraction of sp³-hybridized carbons (Fsp3) is 0.300. The molecule has 0 aliphatic rings. The van der Waals surface area contributed by atoms with Gasteiger partial charge in [-0.3, -0.25) is 0 Å². The Hall–Kier alpha value is -1.03. The summed E-state index contributed by atoms with van der Waals surface area (Å²) in [5.74, 6) is -0.734. The van der Waals surface area contributed by atoms with Crippen LogP contribution in [0.4, 0.5) is 0 Å². The van der Waals surface area contributed by atoms with Gasteiger partial charge in [0, 0.05) is 4.47 Å². The van der Waals surface area contributed by atoms with Gasteiger partial charge in [-0.25, -0.2) is 0 Å². The number of hydrogen-bond donors (Lipinski definition) is 0. The highest BCUT2D eigenvalue weighted by Gasteiger charge is 2.21. The Bertz CT molecular complexity index is 330. The van der Waals surface area contributed by atoms with Crippen LogP contribution in [0.1, 0.15) is 13.8 Å². The molecule has 0 amide bonds. The number of carbonyl (C=O) groups excluding carboxylic acids is 1. The number of carboxylic acid groups (broad SMARTS) is 1. The Morgan fingerprint density at radius 1 is 1.36 bits per heavy atom. The zero-order valence-electron chi connectivity index (χ0n) is 7.91. The molecule has 0 aliphatic heterocycles. The van der Waals surface area contributed by atoms with Crippen LogP contribution < -0.4 is 9.84 Å². The summed E-state index contributed by atoms with van der Waals surface area (Å²) in [4.78, 5) is 10.6. The monoisotopic (exact) mass is 257 g/mol.